The molecular formula is C16H26N2. The average molecular weight is 246 g/mol. The molecule has 2 heteroatoms. The van der Waals surface area contributed by atoms with E-state index in [1.807, 2.05) is 6.20 Å². The van der Waals surface area contributed by atoms with Crippen molar-refractivity contribution in [2.45, 2.75) is 58.4 Å². The van der Waals surface area contributed by atoms with Crippen LogP contribution in [0.4, 0.5) is 0 Å². The van der Waals surface area contributed by atoms with Gasteiger partial charge >= 0.3 is 0 Å². The molecule has 100 valence electrons. The SMILES string of the molecule is CCNC(CC1CCCCC1)c1cccnc1C. The van der Waals surface area contributed by atoms with Gasteiger partial charge in [0.05, 0.1) is 0 Å². The first-order valence-corrected chi connectivity index (χ1v) is 7.46. The number of rotatable bonds is 5. The van der Waals surface area contributed by atoms with Crippen molar-refractivity contribution in [1.82, 2.24) is 10.3 Å². The second-order valence-electron chi connectivity index (χ2n) is 5.53. The molecule has 0 radical (unpaired) electrons. The zero-order valence-corrected chi connectivity index (χ0v) is 11.8. The Labute approximate surface area is 111 Å². The largest absolute Gasteiger partial charge is 0.310 e. The maximum absolute atomic E-state index is 4.44. The van der Waals surface area contributed by atoms with E-state index in [0.717, 1.165) is 12.5 Å². The summed E-state index contributed by atoms with van der Waals surface area (Å²) in [5, 5.41) is 3.65. The van der Waals surface area contributed by atoms with Crippen LogP contribution in [-0.2, 0) is 0 Å². The highest BCUT2D eigenvalue weighted by molar-refractivity contribution is 5.22. The highest BCUT2D eigenvalue weighted by atomic mass is 14.9. The van der Waals surface area contributed by atoms with E-state index in [1.165, 1.54) is 49.8 Å². The van der Waals surface area contributed by atoms with Gasteiger partial charge in [0.2, 0.25) is 0 Å². The molecule has 0 aromatic carbocycles. The molecule has 18 heavy (non-hydrogen) atoms. The molecule has 1 aromatic heterocycles. The van der Waals surface area contributed by atoms with E-state index < -0.39 is 0 Å². The van der Waals surface area contributed by atoms with Crippen molar-refractivity contribution in [3.8, 4) is 0 Å². The molecule has 1 fully saturated rings. The molecule has 0 aliphatic heterocycles. The fourth-order valence-corrected chi connectivity index (χ4v) is 3.19. The number of pyridine rings is 1. The molecule has 1 unspecified atom stereocenters. The first-order valence-electron chi connectivity index (χ1n) is 7.46. The number of aromatic nitrogens is 1. The standard InChI is InChI=1S/C16H26N2/c1-3-17-16(12-14-8-5-4-6-9-14)15-10-7-11-18-13(15)2/h7,10-11,14,16-17H,3-6,8-9,12H2,1-2H3. The fourth-order valence-electron chi connectivity index (χ4n) is 3.19. The highest BCUT2D eigenvalue weighted by Gasteiger charge is 2.20. The van der Waals surface area contributed by atoms with Crippen molar-refractivity contribution in [2.75, 3.05) is 6.54 Å². The average Bonchev–Trinajstić information content (AvgIpc) is 2.40. The van der Waals surface area contributed by atoms with E-state index in [2.05, 4.69) is 36.3 Å². The summed E-state index contributed by atoms with van der Waals surface area (Å²) in [5.41, 5.74) is 2.57. The quantitative estimate of drug-likeness (QED) is 0.849. The van der Waals surface area contributed by atoms with Gasteiger partial charge in [-0.25, -0.2) is 0 Å². The number of hydrogen-bond donors (Lipinski definition) is 1. The van der Waals surface area contributed by atoms with Crippen molar-refractivity contribution in [1.29, 1.82) is 0 Å². The van der Waals surface area contributed by atoms with Crippen molar-refractivity contribution in [3.05, 3.63) is 29.6 Å². The molecule has 2 rings (SSSR count). The zero-order valence-electron chi connectivity index (χ0n) is 11.8. The van der Waals surface area contributed by atoms with Gasteiger partial charge in [-0.15, -0.1) is 0 Å². The number of nitrogens with zero attached hydrogens (tertiary/aromatic N) is 1. The third-order valence-corrected chi connectivity index (χ3v) is 4.17. The van der Waals surface area contributed by atoms with Crippen LogP contribution in [0.1, 0.15) is 62.7 Å². The molecule has 2 nitrogen and oxygen atoms in total. The lowest BCUT2D eigenvalue weighted by Gasteiger charge is -2.28. The normalized spacial score (nSPS) is 18.8. The molecule has 1 heterocycles. The second kappa shape index (κ2) is 6.89. The van der Waals surface area contributed by atoms with Gasteiger partial charge < -0.3 is 5.32 Å². The molecule has 1 aliphatic carbocycles. The second-order valence-corrected chi connectivity index (χ2v) is 5.53. The van der Waals surface area contributed by atoms with Crippen molar-refractivity contribution in [2.24, 2.45) is 5.92 Å². The topological polar surface area (TPSA) is 24.9 Å². The minimum absolute atomic E-state index is 0.492. The van der Waals surface area contributed by atoms with Crippen LogP contribution >= 0.6 is 0 Å². The van der Waals surface area contributed by atoms with E-state index in [-0.39, 0.29) is 0 Å². The van der Waals surface area contributed by atoms with Gasteiger partial charge in [0, 0.05) is 17.9 Å². The smallest absolute Gasteiger partial charge is 0.0420 e. The molecule has 0 amide bonds. The predicted molar refractivity (Wildman–Crippen MR) is 76.6 cm³/mol. The van der Waals surface area contributed by atoms with Crippen LogP contribution in [0.25, 0.3) is 0 Å². The van der Waals surface area contributed by atoms with Crippen LogP contribution in [-0.4, -0.2) is 11.5 Å². The van der Waals surface area contributed by atoms with Crippen LogP contribution < -0.4 is 5.32 Å². The van der Waals surface area contributed by atoms with E-state index in [4.69, 9.17) is 0 Å². The first kappa shape index (κ1) is 13.5. The zero-order chi connectivity index (χ0) is 12.8. The summed E-state index contributed by atoms with van der Waals surface area (Å²) in [7, 11) is 0. The Morgan fingerprint density at radius 3 is 2.78 bits per heavy atom. The van der Waals surface area contributed by atoms with Crippen molar-refractivity contribution >= 4 is 0 Å². The summed E-state index contributed by atoms with van der Waals surface area (Å²) < 4.78 is 0. The van der Waals surface area contributed by atoms with Gasteiger partial charge in [-0.3, -0.25) is 4.98 Å². The van der Waals surface area contributed by atoms with Gasteiger partial charge in [0.15, 0.2) is 0 Å². The van der Waals surface area contributed by atoms with E-state index in [0.29, 0.717) is 6.04 Å². The summed E-state index contributed by atoms with van der Waals surface area (Å²) in [6.45, 7) is 5.35. The monoisotopic (exact) mass is 246 g/mol. The molecular weight excluding hydrogens is 220 g/mol. The molecule has 1 saturated carbocycles. The highest BCUT2D eigenvalue weighted by Crippen LogP contribution is 2.32. The lowest BCUT2D eigenvalue weighted by molar-refractivity contribution is 0.301. The fraction of sp³-hybridized carbons (Fsp3) is 0.688. The van der Waals surface area contributed by atoms with Gasteiger partial charge in [-0.1, -0.05) is 45.1 Å². The third kappa shape index (κ3) is 3.55. The maximum Gasteiger partial charge on any atom is 0.0420 e. The summed E-state index contributed by atoms with van der Waals surface area (Å²) in [4.78, 5) is 4.44. The predicted octanol–water partition coefficient (Wildman–Crippen LogP) is 4.01. The van der Waals surface area contributed by atoms with Gasteiger partial charge in [-0.05, 0) is 37.4 Å². The molecule has 0 spiro atoms. The van der Waals surface area contributed by atoms with Gasteiger partial charge in [0.25, 0.3) is 0 Å². The van der Waals surface area contributed by atoms with Crippen LogP contribution in [0.15, 0.2) is 18.3 Å². The Hall–Kier alpha value is -0.890. The molecule has 1 aromatic rings. The van der Waals surface area contributed by atoms with Gasteiger partial charge in [0.1, 0.15) is 0 Å². The Kier molecular flexibility index (Phi) is 5.18. The molecule has 1 aliphatic rings. The third-order valence-electron chi connectivity index (χ3n) is 4.17. The minimum atomic E-state index is 0.492. The van der Waals surface area contributed by atoms with E-state index >= 15 is 0 Å². The Morgan fingerprint density at radius 1 is 1.33 bits per heavy atom. The maximum atomic E-state index is 4.44. The first-order chi connectivity index (χ1) is 8.81. The van der Waals surface area contributed by atoms with E-state index in [1.54, 1.807) is 0 Å². The number of aryl methyl sites for hydroxylation is 1. The Morgan fingerprint density at radius 2 is 2.11 bits per heavy atom. The molecule has 1 atom stereocenters. The molecule has 0 bridgehead atoms. The lowest BCUT2D eigenvalue weighted by Crippen LogP contribution is -2.25. The van der Waals surface area contributed by atoms with Crippen LogP contribution in [0.5, 0.6) is 0 Å². The van der Waals surface area contributed by atoms with Crippen molar-refractivity contribution < 1.29 is 0 Å². The number of hydrogen-bond acceptors (Lipinski definition) is 2. The summed E-state index contributed by atoms with van der Waals surface area (Å²) in [5.74, 6) is 0.905. The molecule has 1 N–H and O–H groups in total. The van der Waals surface area contributed by atoms with Crippen LogP contribution in [0.2, 0.25) is 0 Å². The van der Waals surface area contributed by atoms with Crippen LogP contribution in [0.3, 0.4) is 0 Å². The Balaban J connectivity index is 2.05. The number of nitrogens with one attached hydrogen (secondary N) is 1. The summed E-state index contributed by atoms with van der Waals surface area (Å²) >= 11 is 0. The lowest BCUT2D eigenvalue weighted by atomic mass is 9.83. The van der Waals surface area contributed by atoms with Crippen LogP contribution in [0, 0.1) is 12.8 Å². The Bertz CT molecular complexity index is 356. The summed E-state index contributed by atoms with van der Waals surface area (Å²) in [6.07, 6.45) is 10.3. The summed E-state index contributed by atoms with van der Waals surface area (Å²) in [6, 6.07) is 4.79. The minimum Gasteiger partial charge on any atom is -0.310 e. The van der Waals surface area contributed by atoms with E-state index in [9.17, 15) is 0 Å². The van der Waals surface area contributed by atoms with Gasteiger partial charge in [-0.2, -0.15) is 0 Å². The molecule has 0 saturated heterocycles. The van der Waals surface area contributed by atoms with Crippen molar-refractivity contribution in [3.63, 3.8) is 0 Å².